The maximum atomic E-state index is 13.0. The zero-order chi connectivity index (χ0) is 16.4. The summed E-state index contributed by atoms with van der Waals surface area (Å²) in [6.07, 6.45) is 0. The van der Waals surface area contributed by atoms with Gasteiger partial charge < -0.3 is 0 Å². The summed E-state index contributed by atoms with van der Waals surface area (Å²) >= 11 is -1.74. The number of alkyl halides is 3. The molecule has 0 amide bonds. The molecule has 0 atom stereocenters. The summed E-state index contributed by atoms with van der Waals surface area (Å²) in [7, 11) is 0. The van der Waals surface area contributed by atoms with E-state index in [2.05, 4.69) is 5.16 Å². The zero-order valence-corrected chi connectivity index (χ0v) is 13.8. The van der Waals surface area contributed by atoms with E-state index in [0.29, 0.717) is 11.1 Å². The molecule has 0 aliphatic rings. The van der Waals surface area contributed by atoms with Crippen molar-refractivity contribution in [1.82, 2.24) is 5.16 Å². The minimum atomic E-state index is -4.28. The van der Waals surface area contributed by atoms with Crippen molar-refractivity contribution in [3.63, 3.8) is 0 Å². The van der Waals surface area contributed by atoms with Gasteiger partial charge in [0, 0.05) is 0 Å². The summed E-state index contributed by atoms with van der Waals surface area (Å²) in [4.78, 5) is 0. The molecule has 0 aliphatic heterocycles. The summed E-state index contributed by atoms with van der Waals surface area (Å²) in [5, 5.41) is -0.366. The second-order valence-electron chi connectivity index (χ2n) is 4.97. The molecule has 0 aliphatic carbocycles. The van der Waals surface area contributed by atoms with Gasteiger partial charge in [-0.05, 0) is 0 Å². The van der Waals surface area contributed by atoms with E-state index >= 15 is 0 Å². The van der Waals surface area contributed by atoms with Crippen molar-refractivity contribution in [2.24, 2.45) is 0 Å². The van der Waals surface area contributed by atoms with Crippen LogP contribution in [0.2, 0.25) is 0 Å². The van der Waals surface area contributed by atoms with Crippen LogP contribution in [0.1, 0.15) is 5.56 Å². The van der Waals surface area contributed by atoms with Gasteiger partial charge in [0.05, 0.1) is 0 Å². The molecule has 0 spiro atoms. The van der Waals surface area contributed by atoms with Crippen molar-refractivity contribution in [1.29, 1.82) is 0 Å². The number of aromatic nitrogens is 1. The zero-order valence-electron chi connectivity index (χ0n) is 12.1. The molecular formula is C17H12F3NOSe. The van der Waals surface area contributed by atoms with Crippen molar-refractivity contribution in [3.8, 4) is 22.6 Å². The van der Waals surface area contributed by atoms with E-state index in [9.17, 15) is 13.2 Å². The van der Waals surface area contributed by atoms with Gasteiger partial charge in [-0.2, -0.15) is 0 Å². The number of aryl methyl sites for hydroxylation is 1. The molecule has 6 heteroatoms. The van der Waals surface area contributed by atoms with E-state index in [-0.39, 0.29) is 15.9 Å². The normalized spacial score (nSPS) is 11.7. The molecule has 0 fully saturated rings. The fraction of sp³-hybridized carbons (Fsp3) is 0.118. The van der Waals surface area contributed by atoms with Crippen LogP contribution in [0.4, 0.5) is 13.2 Å². The Balaban J connectivity index is 2.13. The second-order valence-corrected chi connectivity index (χ2v) is 7.23. The molecule has 0 bridgehead atoms. The van der Waals surface area contributed by atoms with Gasteiger partial charge in [-0.3, -0.25) is 0 Å². The predicted octanol–water partition coefficient (Wildman–Crippen LogP) is 4.17. The molecule has 0 N–H and O–H groups in total. The Labute approximate surface area is 137 Å². The fourth-order valence-corrected chi connectivity index (χ4v) is 3.69. The average Bonchev–Trinajstić information content (AvgIpc) is 2.90. The summed E-state index contributed by atoms with van der Waals surface area (Å²) in [5.41, 5.74) is 2.51. The first-order valence-corrected chi connectivity index (χ1v) is 8.53. The Morgan fingerprint density at radius 3 is 2.17 bits per heavy atom. The van der Waals surface area contributed by atoms with E-state index in [1.807, 2.05) is 19.1 Å². The number of benzene rings is 2. The van der Waals surface area contributed by atoms with E-state index in [0.717, 1.165) is 5.56 Å². The Kier molecular flexibility index (Phi) is 4.28. The number of hydrogen-bond acceptors (Lipinski definition) is 2. The van der Waals surface area contributed by atoms with Gasteiger partial charge >= 0.3 is 137 Å². The Bertz CT molecular complexity index is 795. The molecule has 0 radical (unpaired) electrons. The molecule has 0 unspecified atom stereocenters. The van der Waals surface area contributed by atoms with Crippen molar-refractivity contribution < 1.29 is 17.7 Å². The predicted molar refractivity (Wildman–Crippen MR) is 83.6 cm³/mol. The van der Waals surface area contributed by atoms with Gasteiger partial charge in [0.15, 0.2) is 0 Å². The third-order valence-electron chi connectivity index (χ3n) is 3.23. The van der Waals surface area contributed by atoms with Gasteiger partial charge in [0.1, 0.15) is 0 Å². The molecule has 3 rings (SSSR count). The molecule has 2 aromatic carbocycles. The first kappa shape index (κ1) is 15.8. The van der Waals surface area contributed by atoms with Gasteiger partial charge in [-0.15, -0.1) is 0 Å². The molecule has 0 saturated heterocycles. The first-order chi connectivity index (χ1) is 10.9. The van der Waals surface area contributed by atoms with E-state index in [4.69, 9.17) is 4.52 Å². The number of rotatable bonds is 3. The molecule has 0 saturated carbocycles. The molecule has 2 nitrogen and oxygen atoms in total. The Morgan fingerprint density at radius 2 is 1.57 bits per heavy atom. The Hall–Kier alpha value is -2.04. The van der Waals surface area contributed by atoms with Crippen molar-refractivity contribution in [2.45, 2.75) is 12.0 Å². The van der Waals surface area contributed by atoms with Crippen molar-refractivity contribution in [3.05, 3.63) is 60.2 Å². The van der Waals surface area contributed by atoms with Crippen LogP contribution in [0.15, 0.2) is 59.1 Å². The van der Waals surface area contributed by atoms with Gasteiger partial charge in [-0.25, -0.2) is 0 Å². The van der Waals surface area contributed by atoms with E-state index in [1.54, 1.807) is 42.5 Å². The topological polar surface area (TPSA) is 26.0 Å². The number of nitrogens with zero attached hydrogens (tertiary/aromatic N) is 1. The second kappa shape index (κ2) is 6.22. The van der Waals surface area contributed by atoms with Crippen LogP contribution in [-0.4, -0.2) is 25.2 Å². The van der Waals surface area contributed by atoms with Gasteiger partial charge in [-0.1, -0.05) is 0 Å². The number of halogens is 3. The number of hydrogen-bond donors (Lipinski definition) is 0. The van der Waals surface area contributed by atoms with Crippen LogP contribution in [0.3, 0.4) is 0 Å². The minimum absolute atomic E-state index is 0.125. The van der Waals surface area contributed by atoms with E-state index in [1.165, 1.54) is 0 Å². The third-order valence-corrected chi connectivity index (χ3v) is 4.94. The quantitative estimate of drug-likeness (QED) is 0.636. The van der Waals surface area contributed by atoms with Gasteiger partial charge in [0.25, 0.3) is 0 Å². The van der Waals surface area contributed by atoms with Crippen molar-refractivity contribution >= 4 is 19.4 Å². The van der Waals surface area contributed by atoms with Crippen LogP contribution >= 0.6 is 0 Å². The molecule has 23 heavy (non-hydrogen) atoms. The van der Waals surface area contributed by atoms with Gasteiger partial charge in [0.2, 0.25) is 0 Å². The van der Waals surface area contributed by atoms with Crippen LogP contribution in [-0.2, 0) is 0 Å². The van der Waals surface area contributed by atoms with E-state index < -0.39 is 20.0 Å². The van der Waals surface area contributed by atoms with Crippen LogP contribution < -0.4 is 4.46 Å². The Morgan fingerprint density at radius 1 is 0.913 bits per heavy atom. The van der Waals surface area contributed by atoms with Crippen molar-refractivity contribution in [2.75, 3.05) is 0 Å². The molecule has 1 aromatic heterocycles. The average molecular weight is 382 g/mol. The third kappa shape index (κ3) is 3.66. The molecule has 118 valence electrons. The standard InChI is InChI=1S/C17H12F3NOSe/c1-11-7-9-13(10-8-11)15-16(23-17(18,19)20)14(21-22-15)12-5-3-2-4-6-12/h2-10H,1H3. The summed E-state index contributed by atoms with van der Waals surface area (Å²) < 4.78 is 44.5. The molecular weight excluding hydrogens is 370 g/mol. The SMILES string of the molecule is Cc1ccc(-c2onc(-c3ccccc3)c2[Se]C(F)(F)F)cc1. The monoisotopic (exact) mass is 383 g/mol. The van der Waals surface area contributed by atoms with Crippen LogP contribution in [0.25, 0.3) is 22.6 Å². The van der Waals surface area contributed by atoms with Crippen LogP contribution in [0, 0.1) is 6.92 Å². The summed E-state index contributed by atoms with van der Waals surface area (Å²) in [6.45, 7) is 1.92. The first-order valence-electron chi connectivity index (χ1n) is 6.82. The summed E-state index contributed by atoms with van der Waals surface area (Å²) in [6, 6.07) is 16.0. The molecule has 3 aromatic rings. The maximum absolute atomic E-state index is 13.0. The van der Waals surface area contributed by atoms with Crippen LogP contribution in [0.5, 0.6) is 0 Å². The molecule has 1 heterocycles. The summed E-state index contributed by atoms with van der Waals surface area (Å²) in [5.74, 6) is 0.196. The fourth-order valence-electron chi connectivity index (χ4n) is 2.16.